The summed E-state index contributed by atoms with van der Waals surface area (Å²) in [6.07, 6.45) is 0.389. The number of hydrogen-bond acceptors (Lipinski definition) is 4. The number of esters is 1. The van der Waals surface area contributed by atoms with E-state index in [0.717, 1.165) is 16.7 Å². The van der Waals surface area contributed by atoms with Crippen LogP contribution in [-0.2, 0) is 19.0 Å². The molecule has 0 bridgehead atoms. The summed E-state index contributed by atoms with van der Waals surface area (Å²) in [6.45, 7) is 10.6. The highest BCUT2D eigenvalue weighted by Gasteiger charge is 2.31. The van der Waals surface area contributed by atoms with Crippen molar-refractivity contribution in [3.05, 3.63) is 40.1 Å². The van der Waals surface area contributed by atoms with Crippen molar-refractivity contribution in [1.82, 2.24) is 0 Å². The number of carbonyl (C=O) groups excluding carboxylic acids is 1. The third-order valence-corrected chi connectivity index (χ3v) is 3.71. The zero-order valence-corrected chi connectivity index (χ0v) is 14.0. The van der Waals surface area contributed by atoms with E-state index in [9.17, 15) is 4.79 Å². The van der Waals surface area contributed by atoms with E-state index in [1.807, 2.05) is 34.6 Å². The van der Waals surface area contributed by atoms with E-state index in [0.29, 0.717) is 24.4 Å². The molecule has 1 aromatic rings. The molecule has 0 aliphatic carbocycles. The number of carbonyl (C=O) groups is 1. The van der Waals surface area contributed by atoms with Gasteiger partial charge >= 0.3 is 5.97 Å². The van der Waals surface area contributed by atoms with Crippen LogP contribution in [0.3, 0.4) is 0 Å². The second-order valence-electron chi connectivity index (χ2n) is 5.75. The molecule has 1 aliphatic heterocycles. The fourth-order valence-electron chi connectivity index (χ4n) is 2.90. The van der Waals surface area contributed by atoms with Crippen LogP contribution in [0.2, 0.25) is 0 Å². The molecule has 0 fully saturated rings. The lowest BCUT2D eigenvalue weighted by Gasteiger charge is -2.26. The monoisotopic (exact) mass is 304 g/mol. The summed E-state index contributed by atoms with van der Waals surface area (Å²) in [6, 6.07) is 4.14. The summed E-state index contributed by atoms with van der Waals surface area (Å²) < 4.78 is 16.4. The Morgan fingerprint density at radius 2 is 1.86 bits per heavy atom. The van der Waals surface area contributed by atoms with Crippen LogP contribution in [0.5, 0.6) is 0 Å². The second kappa shape index (κ2) is 6.97. The minimum Gasteiger partial charge on any atom is -0.471 e. The van der Waals surface area contributed by atoms with Crippen molar-refractivity contribution in [1.29, 1.82) is 0 Å². The Morgan fingerprint density at radius 3 is 2.45 bits per heavy atom. The zero-order valence-electron chi connectivity index (χ0n) is 14.0. The predicted octanol–water partition coefficient (Wildman–Crippen LogP) is 3.67. The molecule has 1 atom stereocenters. The molecule has 1 unspecified atom stereocenters. The molecule has 4 heteroatoms. The van der Waals surface area contributed by atoms with Crippen LogP contribution in [0, 0.1) is 20.8 Å². The van der Waals surface area contributed by atoms with Crippen molar-refractivity contribution in [2.24, 2.45) is 0 Å². The first-order valence-electron chi connectivity index (χ1n) is 7.67. The first kappa shape index (κ1) is 16.6. The first-order valence-corrected chi connectivity index (χ1v) is 7.67. The van der Waals surface area contributed by atoms with Gasteiger partial charge in [-0.25, -0.2) is 4.79 Å². The van der Waals surface area contributed by atoms with Crippen LogP contribution >= 0.6 is 0 Å². The van der Waals surface area contributed by atoms with E-state index >= 15 is 0 Å². The molecule has 1 heterocycles. The Kier molecular flexibility index (Phi) is 5.24. The van der Waals surface area contributed by atoms with Crippen molar-refractivity contribution >= 4 is 11.5 Å². The maximum absolute atomic E-state index is 12.4. The third kappa shape index (κ3) is 3.50. The summed E-state index contributed by atoms with van der Waals surface area (Å²) in [5, 5.41) is 0. The lowest BCUT2D eigenvalue weighted by atomic mass is 9.91. The molecule has 0 spiro atoms. The van der Waals surface area contributed by atoms with Crippen molar-refractivity contribution in [2.75, 3.05) is 13.4 Å². The Labute approximate surface area is 132 Å². The van der Waals surface area contributed by atoms with E-state index in [4.69, 9.17) is 14.2 Å². The lowest BCUT2D eigenvalue weighted by molar-refractivity contribution is -0.143. The SMILES string of the molecule is CCOCOC1=C(c2c(C)cc(C)cc2C)C(=O)OC(C)C1. The molecule has 4 nitrogen and oxygen atoms in total. The summed E-state index contributed by atoms with van der Waals surface area (Å²) in [4.78, 5) is 12.4. The van der Waals surface area contributed by atoms with E-state index < -0.39 is 0 Å². The van der Waals surface area contributed by atoms with Gasteiger partial charge in [-0.05, 0) is 51.3 Å². The molecule has 1 aliphatic rings. The van der Waals surface area contributed by atoms with Gasteiger partial charge in [0.15, 0.2) is 6.79 Å². The van der Waals surface area contributed by atoms with Crippen LogP contribution in [0.15, 0.2) is 17.9 Å². The molecular formula is C18H24O4. The van der Waals surface area contributed by atoms with Gasteiger partial charge in [0.25, 0.3) is 0 Å². The molecule has 0 radical (unpaired) electrons. The van der Waals surface area contributed by atoms with Gasteiger partial charge < -0.3 is 14.2 Å². The molecule has 0 saturated carbocycles. The summed E-state index contributed by atoms with van der Waals surface area (Å²) in [5.41, 5.74) is 4.73. The Bertz CT molecular complexity index is 578. The largest absolute Gasteiger partial charge is 0.471 e. The minimum atomic E-state index is -0.319. The van der Waals surface area contributed by atoms with E-state index in [1.54, 1.807) is 0 Å². The fourth-order valence-corrected chi connectivity index (χ4v) is 2.90. The maximum atomic E-state index is 12.4. The van der Waals surface area contributed by atoms with Gasteiger partial charge in [-0.2, -0.15) is 0 Å². The highest BCUT2D eigenvalue weighted by molar-refractivity contribution is 6.18. The van der Waals surface area contributed by atoms with Gasteiger partial charge in [0.05, 0.1) is 0 Å². The highest BCUT2D eigenvalue weighted by atomic mass is 16.7. The molecule has 0 saturated heterocycles. The number of ether oxygens (including phenoxy) is 3. The number of cyclic esters (lactones) is 1. The van der Waals surface area contributed by atoms with Crippen LogP contribution < -0.4 is 0 Å². The third-order valence-electron chi connectivity index (χ3n) is 3.71. The predicted molar refractivity (Wildman–Crippen MR) is 85.3 cm³/mol. The summed E-state index contributed by atoms with van der Waals surface area (Å²) in [5.74, 6) is 0.340. The van der Waals surface area contributed by atoms with Crippen LogP contribution in [0.1, 0.15) is 42.5 Å². The molecule has 120 valence electrons. The number of aryl methyl sites for hydroxylation is 3. The number of rotatable bonds is 5. The van der Waals surface area contributed by atoms with Crippen LogP contribution in [-0.4, -0.2) is 25.5 Å². The molecule has 0 aromatic heterocycles. The van der Waals surface area contributed by atoms with Gasteiger partial charge in [0.2, 0.25) is 0 Å². The van der Waals surface area contributed by atoms with Crippen molar-refractivity contribution in [2.45, 2.75) is 47.1 Å². The second-order valence-corrected chi connectivity index (χ2v) is 5.75. The Hall–Kier alpha value is -1.81. The maximum Gasteiger partial charge on any atom is 0.342 e. The molecule has 1 aromatic carbocycles. The van der Waals surface area contributed by atoms with E-state index in [1.165, 1.54) is 5.56 Å². The number of hydrogen-bond donors (Lipinski definition) is 0. The highest BCUT2D eigenvalue weighted by Crippen LogP contribution is 2.34. The van der Waals surface area contributed by atoms with Crippen molar-refractivity contribution in [3.63, 3.8) is 0 Å². The lowest BCUT2D eigenvalue weighted by Crippen LogP contribution is -2.26. The topological polar surface area (TPSA) is 44.8 Å². The van der Waals surface area contributed by atoms with Gasteiger partial charge in [-0.1, -0.05) is 17.7 Å². The van der Waals surface area contributed by atoms with E-state index in [2.05, 4.69) is 12.1 Å². The number of benzene rings is 1. The van der Waals surface area contributed by atoms with E-state index in [-0.39, 0.29) is 18.9 Å². The van der Waals surface area contributed by atoms with Gasteiger partial charge in [-0.3, -0.25) is 0 Å². The average molecular weight is 304 g/mol. The first-order chi connectivity index (χ1) is 10.4. The summed E-state index contributed by atoms with van der Waals surface area (Å²) >= 11 is 0. The zero-order chi connectivity index (χ0) is 16.3. The molecular weight excluding hydrogens is 280 g/mol. The Balaban J connectivity index is 2.50. The quantitative estimate of drug-likeness (QED) is 0.473. The van der Waals surface area contributed by atoms with Crippen LogP contribution in [0.4, 0.5) is 0 Å². The molecule has 0 amide bonds. The van der Waals surface area contributed by atoms with Crippen molar-refractivity contribution < 1.29 is 19.0 Å². The fraction of sp³-hybridized carbons (Fsp3) is 0.500. The smallest absolute Gasteiger partial charge is 0.342 e. The van der Waals surface area contributed by atoms with Gasteiger partial charge in [-0.15, -0.1) is 0 Å². The average Bonchev–Trinajstić information content (AvgIpc) is 2.40. The van der Waals surface area contributed by atoms with Gasteiger partial charge in [0.1, 0.15) is 17.4 Å². The minimum absolute atomic E-state index is 0.152. The molecule has 0 N–H and O–H groups in total. The van der Waals surface area contributed by atoms with Crippen molar-refractivity contribution in [3.8, 4) is 0 Å². The Morgan fingerprint density at radius 1 is 1.23 bits per heavy atom. The van der Waals surface area contributed by atoms with Gasteiger partial charge in [0, 0.05) is 13.0 Å². The molecule has 2 rings (SSSR count). The molecule has 22 heavy (non-hydrogen) atoms. The standard InChI is InChI=1S/C18H24O4/c1-6-20-10-21-15-9-14(5)22-18(19)17(15)16-12(3)7-11(2)8-13(16)4/h7-8,14H,6,9-10H2,1-5H3. The normalized spacial score (nSPS) is 18.4. The summed E-state index contributed by atoms with van der Waals surface area (Å²) in [7, 11) is 0. The van der Waals surface area contributed by atoms with Crippen LogP contribution in [0.25, 0.3) is 5.57 Å².